The summed E-state index contributed by atoms with van der Waals surface area (Å²) in [5, 5.41) is 6.97. The van der Waals surface area contributed by atoms with Gasteiger partial charge in [0.05, 0.1) is 30.5 Å². The molecule has 0 aliphatic heterocycles. The molecule has 4 aromatic heterocycles. The molecule has 0 aromatic carbocycles. The third-order valence-electron chi connectivity index (χ3n) is 6.78. The molecule has 4 aromatic rings. The lowest BCUT2D eigenvalue weighted by Gasteiger charge is -2.43. The molecule has 35 heavy (non-hydrogen) atoms. The number of rotatable bonds is 5. The molecular formula is C24H20F3N5O3. The molecule has 1 spiro atoms. The summed E-state index contributed by atoms with van der Waals surface area (Å²) in [6.07, 6.45) is 4.26. The van der Waals surface area contributed by atoms with Crippen molar-refractivity contribution in [1.82, 2.24) is 25.1 Å². The smallest absolute Gasteiger partial charge is 0.420 e. The highest BCUT2D eigenvalue weighted by molar-refractivity contribution is 5.96. The van der Waals surface area contributed by atoms with Crippen LogP contribution in [0.25, 0.3) is 11.3 Å². The number of oxazole rings is 1. The van der Waals surface area contributed by atoms with Crippen molar-refractivity contribution in [2.45, 2.75) is 50.4 Å². The monoisotopic (exact) mass is 483 g/mol. The molecule has 0 unspecified atom stereocenters. The van der Waals surface area contributed by atoms with E-state index in [0.29, 0.717) is 13.0 Å². The van der Waals surface area contributed by atoms with E-state index in [4.69, 9.17) is 8.83 Å². The van der Waals surface area contributed by atoms with Crippen molar-refractivity contribution >= 4 is 5.91 Å². The number of carbonyl (C=O) groups excluding carboxylic acids is 1. The van der Waals surface area contributed by atoms with Crippen LogP contribution in [0.15, 0.2) is 51.9 Å². The molecule has 11 heteroatoms. The van der Waals surface area contributed by atoms with E-state index in [9.17, 15) is 18.0 Å². The molecule has 4 heterocycles. The maximum absolute atomic E-state index is 14.4. The van der Waals surface area contributed by atoms with Crippen molar-refractivity contribution < 1.29 is 26.8 Å². The van der Waals surface area contributed by atoms with Gasteiger partial charge in [0.25, 0.3) is 5.91 Å². The number of nitrogens with zero attached hydrogens (tertiary/aromatic N) is 4. The maximum atomic E-state index is 14.4. The second-order valence-corrected chi connectivity index (χ2v) is 8.93. The summed E-state index contributed by atoms with van der Waals surface area (Å²) in [5.41, 5.74) is 0.152. The maximum Gasteiger partial charge on any atom is 0.420 e. The normalized spacial score (nSPS) is 16.0. The van der Waals surface area contributed by atoms with Crippen LogP contribution in [0.3, 0.4) is 0 Å². The van der Waals surface area contributed by atoms with E-state index >= 15 is 0 Å². The number of amides is 1. The minimum atomic E-state index is -4.82. The van der Waals surface area contributed by atoms with E-state index in [1.165, 1.54) is 12.5 Å². The number of hydrogen-bond acceptors (Lipinski definition) is 6. The first kappa shape index (κ1) is 21.6. The van der Waals surface area contributed by atoms with Crippen LogP contribution in [0.4, 0.5) is 13.2 Å². The molecule has 1 fully saturated rings. The average Bonchev–Trinajstić information content (AvgIpc) is 3.53. The standard InChI is InChI=1S/C24H20F3N5O3/c25-24(26,27)19-18-16(35-21(19)22(33)30-11-17-29-8-9-34-17)10-23(5-3-6-23)15-13-32(31-20(15)18)12-14-4-1-2-7-28-14/h1-2,4,7-9,13H,3,5-6,10-12H2,(H,30,33). The van der Waals surface area contributed by atoms with Gasteiger partial charge in [-0.25, -0.2) is 4.98 Å². The van der Waals surface area contributed by atoms with Crippen LogP contribution in [0.2, 0.25) is 0 Å². The highest BCUT2D eigenvalue weighted by atomic mass is 19.4. The van der Waals surface area contributed by atoms with E-state index in [-0.39, 0.29) is 34.9 Å². The molecular weight excluding hydrogens is 463 g/mol. The molecule has 0 bridgehead atoms. The molecule has 180 valence electrons. The van der Waals surface area contributed by atoms with Crippen LogP contribution in [0.5, 0.6) is 0 Å². The Hall–Kier alpha value is -3.89. The highest BCUT2D eigenvalue weighted by Crippen LogP contribution is 2.56. The zero-order valence-electron chi connectivity index (χ0n) is 18.4. The Bertz CT molecular complexity index is 1390. The van der Waals surface area contributed by atoms with Gasteiger partial charge >= 0.3 is 6.18 Å². The van der Waals surface area contributed by atoms with Crippen LogP contribution in [-0.2, 0) is 31.1 Å². The first-order chi connectivity index (χ1) is 16.8. The molecule has 0 atom stereocenters. The molecule has 0 saturated heterocycles. The predicted octanol–water partition coefficient (Wildman–Crippen LogP) is 4.50. The van der Waals surface area contributed by atoms with E-state index < -0.39 is 23.4 Å². The number of fused-ring (bicyclic) bond motifs is 4. The van der Waals surface area contributed by atoms with Gasteiger partial charge in [0.2, 0.25) is 11.7 Å². The predicted molar refractivity (Wildman–Crippen MR) is 115 cm³/mol. The second-order valence-electron chi connectivity index (χ2n) is 8.93. The summed E-state index contributed by atoms with van der Waals surface area (Å²) >= 11 is 0. The molecule has 2 aliphatic carbocycles. The van der Waals surface area contributed by atoms with E-state index in [2.05, 4.69) is 20.4 Å². The van der Waals surface area contributed by atoms with Crippen molar-refractivity contribution in [3.63, 3.8) is 0 Å². The zero-order chi connectivity index (χ0) is 24.2. The van der Waals surface area contributed by atoms with Crippen LogP contribution in [-0.4, -0.2) is 25.7 Å². The van der Waals surface area contributed by atoms with Gasteiger partial charge in [0, 0.05) is 29.8 Å². The van der Waals surface area contributed by atoms with E-state index in [1.54, 1.807) is 16.9 Å². The van der Waals surface area contributed by atoms with Crippen molar-refractivity contribution in [2.24, 2.45) is 0 Å². The second kappa shape index (κ2) is 7.82. The van der Waals surface area contributed by atoms with Crippen LogP contribution in [0, 0.1) is 0 Å². The Labute approximate surface area is 197 Å². The highest BCUT2D eigenvalue weighted by Gasteiger charge is 2.52. The van der Waals surface area contributed by atoms with Gasteiger partial charge in [0.15, 0.2) is 0 Å². The Morgan fingerprint density at radius 2 is 2.06 bits per heavy atom. The van der Waals surface area contributed by atoms with Crippen LogP contribution in [0.1, 0.15) is 58.3 Å². The summed E-state index contributed by atoms with van der Waals surface area (Å²) in [4.78, 5) is 21.0. The average molecular weight is 483 g/mol. The quantitative estimate of drug-likeness (QED) is 0.449. The number of hydrogen-bond donors (Lipinski definition) is 1. The number of pyridine rings is 1. The summed E-state index contributed by atoms with van der Waals surface area (Å²) in [5.74, 6) is -1.43. The molecule has 1 N–H and O–H groups in total. The van der Waals surface area contributed by atoms with Gasteiger partial charge in [-0.2, -0.15) is 18.3 Å². The fourth-order valence-electron chi connectivity index (χ4n) is 5.04. The molecule has 8 nitrogen and oxygen atoms in total. The molecule has 2 aliphatic rings. The van der Waals surface area contributed by atoms with Crippen LogP contribution >= 0.6 is 0 Å². The minimum Gasteiger partial charge on any atom is -0.454 e. The number of alkyl halides is 3. The van der Waals surface area contributed by atoms with Crippen molar-refractivity contribution in [3.05, 3.63) is 77.3 Å². The minimum absolute atomic E-state index is 0.147. The third kappa shape index (κ3) is 3.62. The van der Waals surface area contributed by atoms with Gasteiger partial charge in [-0.3, -0.25) is 14.5 Å². The van der Waals surface area contributed by atoms with Gasteiger partial charge in [-0.1, -0.05) is 12.5 Å². The lowest BCUT2D eigenvalue weighted by atomic mass is 9.59. The Balaban J connectivity index is 1.44. The fraction of sp³-hybridized carbons (Fsp3) is 0.333. The molecule has 1 saturated carbocycles. The molecule has 0 radical (unpaired) electrons. The van der Waals surface area contributed by atoms with Gasteiger partial charge in [0.1, 0.15) is 23.3 Å². The van der Waals surface area contributed by atoms with E-state index in [0.717, 1.165) is 30.5 Å². The SMILES string of the molecule is O=C(NCc1ncco1)c1oc2c(c1C(F)(F)F)-c1nn(Cc3ccccn3)cc1C1(CCC1)C2. The van der Waals surface area contributed by atoms with Crippen molar-refractivity contribution in [3.8, 4) is 11.3 Å². The van der Waals surface area contributed by atoms with Crippen molar-refractivity contribution in [1.29, 1.82) is 0 Å². The summed E-state index contributed by atoms with van der Waals surface area (Å²) < 4.78 is 55.4. The Kier molecular flexibility index (Phi) is 4.83. The van der Waals surface area contributed by atoms with Gasteiger partial charge < -0.3 is 14.2 Å². The number of aromatic nitrogens is 4. The van der Waals surface area contributed by atoms with E-state index in [1.807, 2.05) is 18.3 Å². The number of carbonyl (C=O) groups is 1. The summed E-state index contributed by atoms with van der Waals surface area (Å²) in [6, 6.07) is 5.47. The zero-order valence-corrected chi connectivity index (χ0v) is 18.4. The van der Waals surface area contributed by atoms with Crippen LogP contribution < -0.4 is 5.32 Å². The number of nitrogens with one attached hydrogen (secondary N) is 1. The molecule has 6 rings (SSSR count). The topological polar surface area (TPSA) is 99.0 Å². The lowest BCUT2D eigenvalue weighted by molar-refractivity contribution is -0.137. The summed E-state index contributed by atoms with van der Waals surface area (Å²) in [7, 11) is 0. The number of halogens is 3. The first-order valence-corrected chi connectivity index (χ1v) is 11.2. The third-order valence-corrected chi connectivity index (χ3v) is 6.78. The Morgan fingerprint density at radius 3 is 2.71 bits per heavy atom. The van der Waals surface area contributed by atoms with Crippen molar-refractivity contribution in [2.75, 3.05) is 0 Å². The van der Waals surface area contributed by atoms with Gasteiger partial charge in [-0.15, -0.1) is 0 Å². The largest absolute Gasteiger partial charge is 0.454 e. The Morgan fingerprint density at radius 1 is 1.20 bits per heavy atom. The number of furan rings is 1. The molecule has 1 amide bonds. The fourth-order valence-corrected chi connectivity index (χ4v) is 5.04. The van der Waals surface area contributed by atoms with Gasteiger partial charge in [-0.05, 0) is 25.0 Å². The lowest BCUT2D eigenvalue weighted by Crippen LogP contribution is -2.38. The first-order valence-electron chi connectivity index (χ1n) is 11.2. The summed E-state index contributed by atoms with van der Waals surface area (Å²) in [6.45, 7) is 0.157.